The van der Waals surface area contributed by atoms with Crippen molar-refractivity contribution in [1.82, 2.24) is 4.90 Å². The van der Waals surface area contributed by atoms with E-state index in [0.717, 1.165) is 0 Å². The lowest BCUT2D eigenvalue weighted by Crippen LogP contribution is -2.36. The number of carbonyl (C=O) groups is 1. The Hall–Kier alpha value is -0.950. The van der Waals surface area contributed by atoms with Crippen LogP contribution in [0.25, 0.3) is 0 Å². The number of aliphatic hydroxyl groups excluding tert-OH is 1. The molecule has 1 amide bonds. The highest BCUT2D eigenvalue weighted by molar-refractivity contribution is 5.90. The third-order valence-electron chi connectivity index (χ3n) is 2.12. The summed E-state index contributed by atoms with van der Waals surface area (Å²) in [5.74, 6) is -0.185. The fourth-order valence-corrected chi connectivity index (χ4v) is 1.31. The molecule has 0 saturated heterocycles. The van der Waals surface area contributed by atoms with E-state index in [1.54, 1.807) is 0 Å². The van der Waals surface area contributed by atoms with Crippen LogP contribution in [0, 0.1) is 0 Å². The average Bonchev–Trinajstić information content (AvgIpc) is 2.59. The van der Waals surface area contributed by atoms with E-state index in [1.165, 1.54) is 17.1 Å². The van der Waals surface area contributed by atoms with Crippen LogP contribution in [0.3, 0.4) is 0 Å². The monoisotopic (exact) mass is 230 g/mol. The molecule has 0 aliphatic carbocycles. The van der Waals surface area contributed by atoms with Gasteiger partial charge in [-0.25, -0.2) is 0 Å². The fourth-order valence-electron chi connectivity index (χ4n) is 1.31. The van der Waals surface area contributed by atoms with E-state index in [9.17, 15) is 9.90 Å². The van der Waals surface area contributed by atoms with E-state index in [4.69, 9.17) is 15.2 Å². The standard InChI is InChI=1S/C10H18N2O4/c11-3-5-15-7-8-16-6-4-12-9(13)1-2-10(12)14/h1-2,9,13H,3-8,11H2. The van der Waals surface area contributed by atoms with Crippen molar-refractivity contribution >= 4 is 5.91 Å². The Morgan fingerprint density at radius 1 is 1.31 bits per heavy atom. The van der Waals surface area contributed by atoms with Crippen molar-refractivity contribution in [2.75, 3.05) is 39.5 Å². The van der Waals surface area contributed by atoms with E-state index in [0.29, 0.717) is 39.5 Å². The molecule has 92 valence electrons. The predicted molar refractivity (Wildman–Crippen MR) is 57.6 cm³/mol. The van der Waals surface area contributed by atoms with Crippen LogP contribution in [0.2, 0.25) is 0 Å². The molecule has 1 atom stereocenters. The van der Waals surface area contributed by atoms with Gasteiger partial charge in [0.2, 0.25) is 5.91 Å². The maximum atomic E-state index is 11.2. The number of amides is 1. The van der Waals surface area contributed by atoms with Crippen LogP contribution in [0.5, 0.6) is 0 Å². The van der Waals surface area contributed by atoms with Gasteiger partial charge in [-0.1, -0.05) is 0 Å². The number of ether oxygens (including phenoxy) is 2. The van der Waals surface area contributed by atoms with Gasteiger partial charge in [-0.15, -0.1) is 0 Å². The molecule has 0 bridgehead atoms. The first-order valence-electron chi connectivity index (χ1n) is 5.28. The zero-order chi connectivity index (χ0) is 11.8. The molecule has 1 unspecified atom stereocenters. The van der Waals surface area contributed by atoms with E-state index >= 15 is 0 Å². The molecule has 6 nitrogen and oxygen atoms in total. The summed E-state index contributed by atoms with van der Waals surface area (Å²) >= 11 is 0. The minimum atomic E-state index is -0.815. The first-order chi connectivity index (χ1) is 7.75. The highest BCUT2D eigenvalue weighted by Gasteiger charge is 2.22. The van der Waals surface area contributed by atoms with Gasteiger partial charge < -0.3 is 25.2 Å². The number of aliphatic hydroxyl groups is 1. The molecular formula is C10H18N2O4. The maximum Gasteiger partial charge on any atom is 0.248 e. The summed E-state index contributed by atoms with van der Waals surface area (Å²) in [6.45, 7) is 2.74. The van der Waals surface area contributed by atoms with E-state index in [2.05, 4.69) is 0 Å². The van der Waals surface area contributed by atoms with Gasteiger partial charge in [0, 0.05) is 19.2 Å². The second-order valence-corrected chi connectivity index (χ2v) is 3.32. The zero-order valence-corrected chi connectivity index (χ0v) is 9.17. The van der Waals surface area contributed by atoms with Crippen molar-refractivity contribution < 1.29 is 19.4 Å². The quantitative estimate of drug-likeness (QED) is 0.506. The van der Waals surface area contributed by atoms with Gasteiger partial charge in [-0.2, -0.15) is 0 Å². The Balaban J connectivity index is 1.97. The summed E-state index contributed by atoms with van der Waals surface area (Å²) in [6, 6.07) is 0. The summed E-state index contributed by atoms with van der Waals surface area (Å²) in [6.07, 6.45) is 1.99. The average molecular weight is 230 g/mol. The summed E-state index contributed by atoms with van der Waals surface area (Å²) in [5.41, 5.74) is 5.24. The molecule has 1 aliphatic heterocycles. The zero-order valence-electron chi connectivity index (χ0n) is 9.17. The van der Waals surface area contributed by atoms with Gasteiger partial charge in [0.1, 0.15) is 6.23 Å². The lowest BCUT2D eigenvalue weighted by atomic mass is 10.5. The number of hydrogen-bond acceptors (Lipinski definition) is 5. The van der Waals surface area contributed by atoms with Gasteiger partial charge in [0.25, 0.3) is 0 Å². The van der Waals surface area contributed by atoms with Crippen molar-refractivity contribution in [1.29, 1.82) is 0 Å². The Bertz CT molecular complexity index is 245. The van der Waals surface area contributed by atoms with Gasteiger partial charge in [-0.05, 0) is 6.08 Å². The second kappa shape index (κ2) is 7.34. The van der Waals surface area contributed by atoms with Crippen LogP contribution >= 0.6 is 0 Å². The molecule has 3 N–H and O–H groups in total. The van der Waals surface area contributed by atoms with Gasteiger partial charge in [0.15, 0.2) is 0 Å². The lowest BCUT2D eigenvalue weighted by molar-refractivity contribution is -0.131. The molecular weight excluding hydrogens is 212 g/mol. The highest BCUT2D eigenvalue weighted by atomic mass is 16.5. The first kappa shape index (κ1) is 13.1. The number of carbonyl (C=O) groups excluding carboxylic acids is 1. The Morgan fingerprint density at radius 2 is 2.00 bits per heavy atom. The molecule has 0 radical (unpaired) electrons. The summed E-state index contributed by atoms with van der Waals surface area (Å²) in [7, 11) is 0. The Labute approximate surface area is 94.6 Å². The molecule has 0 saturated carbocycles. The van der Waals surface area contributed by atoms with Crippen molar-refractivity contribution in [3.63, 3.8) is 0 Å². The molecule has 0 aromatic rings. The second-order valence-electron chi connectivity index (χ2n) is 3.32. The largest absolute Gasteiger partial charge is 0.378 e. The molecule has 0 fully saturated rings. The van der Waals surface area contributed by atoms with Gasteiger partial charge >= 0.3 is 0 Å². The van der Waals surface area contributed by atoms with Crippen LogP contribution in [-0.4, -0.2) is 61.7 Å². The van der Waals surface area contributed by atoms with Gasteiger partial charge in [-0.3, -0.25) is 4.79 Å². The highest BCUT2D eigenvalue weighted by Crippen LogP contribution is 2.07. The Morgan fingerprint density at radius 3 is 2.56 bits per heavy atom. The van der Waals surface area contributed by atoms with E-state index < -0.39 is 6.23 Å². The molecule has 0 aromatic heterocycles. The summed E-state index contributed by atoms with van der Waals surface area (Å²) in [4.78, 5) is 12.5. The van der Waals surface area contributed by atoms with E-state index in [1.807, 2.05) is 0 Å². The topological polar surface area (TPSA) is 85.0 Å². The van der Waals surface area contributed by atoms with Crippen LogP contribution in [-0.2, 0) is 14.3 Å². The normalized spacial score (nSPS) is 19.8. The summed E-state index contributed by atoms with van der Waals surface area (Å²) in [5, 5.41) is 9.36. The van der Waals surface area contributed by atoms with Crippen LogP contribution in [0.1, 0.15) is 0 Å². The molecule has 1 aliphatic rings. The minimum absolute atomic E-state index is 0.185. The third kappa shape index (κ3) is 4.28. The molecule has 1 rings (SSSR count). The summed E-state index contributed by atoms with van der Waals surface area (Å²) < 4.78 is 10.3. The maximum absolute atomic E-state index is 11.2. The van der Waals surface area contributed by atoms with E-state index in [-0.39, 0.29) is 5.91 Å². The fraction of sp³-hybridized carbons (Fsp3) is 0.700. The first-order valence-corrected chi connectivity index (χ1v) is 5.28. The smallest absolute Gasteiger partial charge is 0.248 e. The molecule has 0 spiro atoms. The van der Waals surface area contributed by atoms with Crippen molar-refractivity contribution in [2.45, 2.75) is 6.23 Å². The van der Waals surface area contributed by atoms with Crippen LogP contribution in [0.4, 0.5) is 0 Å². The molecule has 16 heavy (non-hydrogen) atoms. The minimum Gasteiger partial charge on any atom is -0.378 e. The Kier molecular flexibility index (Phi) is 6.02. The molecule has 0 aromatic carbocycles. The van der Waals surface area contributed by atoms with Gasteiger partial charge in [0.05, 0.1) is 26.4 Å². The number of rotatable bonds is 8. The lowest BCUT2D eigenvalue weighted by Gasteiger charge is -2.20. The number of hydrogen-bond donors (Lipinski definition) is 2. The predicted octanol–water partition coefficient (Wildman–Crippen LogP) is -1.30. The van der Waals surface area contributed by atoms with Crippen molar-refractivity contribution in [3.8, 4) is 0 Å². The van der Waals surface area contributed by atoms with Crippen LogP contribution < -0.4 is 5.73 Å². The van der Waals surface area contributed by atoms with Crippen molar-refractivity contribution in [2.24, 2.45) is 5.73 Å². The molecule has 1 heterocycles. The number of nitrogens with zero attached hydrogens (tertiary/aromatic N) is 1. The number of nitrogens with two attached hydrogens (primary N) is 1. The SMILES string of the molecule is NCCOCCOCCN1C(=O)C=CC1O. The van der Waals surface area contributed by atoms with Crippen LogP contribution in [0.15, 0.2) is 12.2 Å². The third-order valence-corrected chi connectivity index (χ3v) is 2.12. The molecule has 6 heteroatoms. The van der Waals surface area contributed by atoms with Crippen molar-refractivity contribution in [3.05, 3.63) is 12.2 Å².